The third kappa shape index (κ3) is 4.87. The predicted octanol–water partition coefficient (Wildman–Crippen LogP) is 4.69. The summed E-state index contributed by atoms with van der Waals surface area (Å²) < 4.78 is 6.71. The van der Waals surface area contributed by atoms with Gasteiger partial charge in [-0.15, -0.1) is 0 Å². The van der Waals surface area contributed by atoms with Crippen molar-refractivity contribution < 1.29 is 14.5 Å². The minimum atomic E-state index is -0.626. The Morgan fingerprint density at radius 1 is 1.18 bits per heavy atom. The van der Waals surface area contributed by atoms with E-state index in [0.29, 0.717) is 27.5 Å². The van der Waals surface area contributed by atoms with Crippen LogP contribution in [0.5, 0.6) is 5.75 Å². The van der Waals surface area contributed by atoms with Crippen molar-refractivity contribution in [3.05, 3.63) is 92.2 Å². The molecule has 1 aromatic heterocycles. The quantitative estimate of drug-likeness (QED) is 0.171. The molecule has 0 spiro atoms. The number of carbonyl (C=O) groups excluding carboxylic acids is 1. The van der Waals surface area contributed by atoms with Gasteiger partial charge in [-0.3, -0.25) is 24.3 Å². The summed E-state index contributed by atoms with van der Waals surface area (Å²) in [6, 6.07) is 17.9. The van der Waals surface area contributed by atoms with Gasteiger partial charge in [0.2, 0.25) is 5.91 Å². The number of fused-ring (bicyclic) bond motifs is 1. The molecule has 3 aromatic carbocycles. The highest BCUT2D eigenvalue weighted by atomic mass is 35.5. The van der Waals surface area contributed by atoms with Gasteiger partial charge in [0, 0.05) is 17.8 Å². The minimum absolute atomic E-state index is 0.0277. The van der Waals surface area contributed by atoms with E-state index in [1.807, 2.05) is 0 Å². The van der Waals surface area contributed by atoms with E-state index in [4.69, 9.17) is 16.3 Å². The number of aromatic nitrogens is 2. The molecule has 0 saturated heterocycles. The molecule has 1 N–H and O–H groups in total. The van der Waals surface area contributed by atoms with Gasteiger partial charge < -0.3 is 10.1 Å². The highest BCUT2D eigenvalue weighted by Gasteiger charge is 2.17. The molecule has 0 fully saturated rings. The van der Waals surface area contributed by atoms with Crippen LogP contribution >= 0.6 is 23.4 Å². The lowest BCUT2D eigenvalue weighted by atomic mass is 10.2. The first-order chi connectivity index (χ1) is 16.4. The lowest BCUT2D eigenvalue weighted by Crippen LogP contribution is -2.23. The molecule has 0 atom stereocenters. The summed E-state index contributed by atoms with van der Waals surface area (Å²) in [7, 11) is 1.53. The second-order valence-corrected chi connectivity index (χ2v) is 8.36. The first kappa shape index (κ1) is 23.3. The Morgan fingerprint density at radius 2 is 1.97 bits per heavy atom. The number of nitrogens with one attached hydrogen (secondary N) is 1. The number of rotatable bonds is 7. The molecule has 0 bridgehead atoms. The molecule has 4 rings (SSSR count). The molecular weight excluding hydrogens is 480 g/mol. The fourth-order valence-electron chi connectivity index (χ4n) is 3.24. The predicted molar refractivity (Wildman–Crippen MR) is 131 cm³/mol. The Labute approximate surface area is 202 Å². The molecule has 34 heavy (non-hydrogen) atoms. The minimum Gasteiger partial charge on any atom is -0.497 e. The lowest BCUT2D eigenvalue weighted by Gasteiger charge is -2.14. The van der Waals surface area contributed by atoms with Crippen LogP contribution in [0.4, 0.5) is 11.4 Å². The zero-order valence-corrected chi connectivity index (χ0v) is 19.3. The van der Waals surface area contributed by atoms with Gasteiger partial charge in [-0.2, -0.15) is 0 Å². The largest absolute Gasteiger partial charge is 0.497 e. The van der Waals surface area contributed by atoms with Crippen LogP contribution in [-0.2, 0) is 4.79 Å². The van der Waals surface area contributed by atoms with Crippen molar-refractivity contribution in [3.63, 3.8) is 0 Å². The first-order valence-corrected chi connectivity index (χ1v) is 11.3. The Hall–Kier alpha value is -3.89. The number of halogens is 1. The van der Waals surface area contributed by atoms with E-state index in [0.717, 1.165) is 11.8 Å². The zero-order chi connectivity index (χ0) is 24.2. The van der Waals surface area contributed by atoms with Gasteiger partial charge in [0.25, 0.3) is 11.2 Å². The molecule has 1 heterocycles. The maximum absolute atomic E-state index is 13.3. The summed E-state index contributed by atoms with van der Waals surface area (Å²) in [5, 5.41) is 14.4. The summed E-state index contributed by atoms with van der Waals surface area (Å²) in [6.07, 6.45) is 0. The van der Waals surface area contributed by atoms with Crippen molar-refractivity contribution in [2.24, 2.45) is 0 Å². The summed E-state index contributed by atoms with van der Waals surface area (Å²) in [5.41, 5.74) is 0.686. The van der Waals surface area contributed by atoms with Gasteiger partial charge in [0.1, 0.15) is 10.8 Å². The number of thioether (sulfide) groups is 1. The molecule has 0 aliphatic heterocycles. The van der Waals surface area contributed by atoms with E-state index in [-0.39, 0.29) is 27.7 Å². The monoisotopic (exact) mass is 496 g/mol. The average molecular weight is 497 g/mol. The number of anilines is 1. The smallest absolute Gasteiger partial charge is 0.289 e. The topological polar surface area (TPSA) is 116 Å². The Bertz CT molecular complexity index is 1470. The van der Waals surface area contributed by atoms with Gasteiger partial charge >= 0.3 is 0 Å². The normalized spacial score (nSPS) is 10.8. The number of para-hydroxylation sites is 1. The zero-order valence-electron chi connectivity index (χ0n) is 17.7. The van der Waals surface area contributed by atoms with Crippen molar-refractivity contribution in [2.45, 2.75) is 5.16 Å². The molecule has 172 valence electrons. The number of nitro benzene ring substituents is 1. The van der Waals surface area contributed by atoms with Crippen molar-refractivity contribution >= 4 is 51.5 Å². The number of nitro groups is 1. The molecule has 9 nitrogen and oxygen atoms in total. The van der Waals surface area contributed by atoms with Gasteiger partial charge in [0.15, 0.2) is 5.16 Å². The van der Waals surface area contributed by atoms with E-state index >= 15 is 0 Å². The summed E-state index contributed by atoms with van der Waals surface area (Å²) in [4.78, 5) is 40.9. The molecule has 0 saturated carbocycles. The summed E-state index contributed by atoms with van der Waals surface area (Å²) in [6.45, 7) is 0. The molecule has 0 radical (unpaired) electrons. The molecule has 4 aromatic rings. The van der Waals surface area contributed by atoms with E-state index in [1.165, 1.54) is 29.9 Å². The SMILES string of the molecule is COc1cccc(-n2c(SCC(=O)Nc3ccc(Cl)c([N+](=O)[O-])c3)nc3ccccc3c2=O)c1. The van der Waals surface area contributed by atoms with Crippen LogP contribution in [0.2, 0.25) is 5.02 Å². The maximum atomic E-state index is 13.3. The average Bonchev–Trinajstić information content (AvgIpc) is 2.84. The van der Waals surface area contributed by atoms with Gasteiger partial charge in [-0.25, -0.2) is 4.98 Å². The van der Waals surface area contributed by atoms with Crippen LogP contribution in [0.1, 0.15) is 0 Å². The van der Waals surface area contributed by atoms with Crippen LogP contribution in [-0.4, -0.2) is 33.2 Å². The second-order valence-electron chi connectivity index (χ2n) is 7.01. The van der Waals surface area contributed by atoms with Crippen LogP contribution in [0.15, 0.2) is 76.7 Å². The van der Waals surface area contributed by atoms with E-state index in [9.17, 15) is 19.7 Å². The molecule has 1 amide bonds. The Kier molecular flexibility index (Phi) is 6.80. The van der Waals surface area contributed by atoms with E-state index in [1.54, 1.807) is 48.5 Å². The van der Waals surface area contributed by atoms with Crippen LogP contribution < -0.4 is 15.6 Å². The van der Waals surface area contributed by atoms with Crippen molar-refractivity contribution in [3.8, 4) is 11.4 Å². The molecular formula is C23H17ClN4O5S. The number of hydrogen-bond acceptors (Lipinski definition) is 7. The van der Waals surface area contributed by atoms with Gasteiger partial charge in [-0.05, 0) is 36.4 Å². The first-order valence-electron chi connectivity index (χ1n) is 9.90. The molecule has 0 unspecified atom stereocenters. The second kappa shape index (κ2) is 9.94. The highest BCUT2D eigenvalue weighted by Crippen LogP contribution is 2.28. The van der Waals surface area contributed by atoms with Crippen molar-refractivity contribution in [1.82, 2.24) is 9.55 Å². The molecule has 0 aliphatic carbocycles. The Balaban J connectivity index is 1.65. The molecule has 0 aliphatic rings. The van der Waals surface area contributed by atoms with Crippen LogP contribution in [0, 0.1) is 10.1 Å². The fourth-order valence-corrected chi connectivity index (χ4v) is 4.24. The standard InChI is InChI=1S/C23H17ClN4O5S/c1-33-16-6-4-5-15(12-16)27-22(30)17-7-2-3-8-19(17)26-23(27)34-13-21(29)25-14-9-10-18(24)20(11-14)28(31)32/h2-12H,13H2,1H3,(H,25,29). The number of ether oxygens (including phenoxy) is 1. The fraction of sp³-hybridized carbons (Fsp3) is 0.0870. The summed E-state index contributed by atoms with van der Waals surface area (Å²) >= 11 is 6.89. The number of methoxy groups -OCH3 is 1. The lowest BCUT2D eigenvalue weighted by molar-refractivity contribution is -0.384. The number of nitrogens with zero attached hydrogens (tertiary/aromatic N) is 3. The van der Waals surface area contributed by atoms with Gasteiger partial charge in [-0.1, -0.05) is 41.6 Å². The van der Waals surface area contributed by atoms with Crippen molar-refractivity contribution in [2.75, 3.05) is 18.2 Å². The Morgan fingerprint density at radius 3 is 2.74 bits per heavy atom. The summed E-state index contributed by atoms with van der Waals surface area (Å²) in [5.74, 6) is 0.0438. The molecule has 11 heteroatoms. The third-order valence-corrected chi connectivity index (χ3v) is 6.07. The van der Waals surface area contributed by atoms with E-state index in [2.05, 4.69) is 10.3 Å². The van der Waals surface area contributed by atoms with Crippen LogP contribution in [0.3, 0.4) is 0 Å². The number of benzene rings is 3. The van der Waals surface area contributed by atoms with E-state index < -0.39 is 10.8 Å². The highest BCUT2D eigenvalue weighted by molar-refractivity contribution is 7.99. The van der Waals surface area contributed by atoms with Crippen LogP contribution in [0.25, 0.3) is 16.6 Å². The number of amides is 1. The maximum Gasteiger partial charge on any atom is 0.289 e. The van der Waals surface area contributed by atoms with Gasteiger partial charge in [0.05, 0.1) is 34.4 Å². The third-order valence-electron chi connectivity index (χ3n) is 4.82. The number of hydrogen-bond donors (Lipinski definition) is 1. The van der Waals surface area contributed by atoms with Crippen molar-refractivity contribution in [1.29, 1.82) is 0 Å². The number of carbonyl (C=O) groups is 1.